The molecule has 0 fully saturated rings. The molecule has 116 valence electrons. The lowest BCUT2D eigenvalue weighted by Crippen LogP contribution is -2.13. The number of carbonyl (C=O) groups excluding carboxylic acids is 2. The Morgan fingerprint density at radius 1 is 1.09 bits per heavy atom. The number of nitrogens with one attached hydrogen (secondary N) is 1. The lowest BCUT2D eigenvalue weighted by atomic mass is 10.1. The number of hydrogen-bond donors (Lipinski definition) is 1. The molecule has 1 aromatic carbocycles. The number of nitrogens with zero attached hydrogens (tertiary/aromatic N) is 2. The molecule has 0 aliphatic carbocycles. The third-order valence-corrected chi connectivity index (χ3v) is 3.63. The molecule has 2 aromatic heterocycles. The van der Waals surface area contributed by atoms with Crippen molar-refractivity contribution in [2.75, 3.05) is 5.32 Å². The fourth-order valence-electron chi connectivity index (χ4n) is 2.21. The molecule has 0 aliphatic rings. The summed E-state index contributed by atoms with van der Waals surface area (Å²) >= 11 is 5.78. The first-order valence-corrected chi connectivity index (χ1v) is 7.52. The van der Waals surface area contributed by atoms with Crippen molar-refractivity contribution < 1.29 is 9.59 Å². The number of hydrogen-bond acceptors (Lipinski definition) is 3. The largest absolute Gasteiger partial charge is 0.309 e. The molecular formula is C17H14ClN3O2. The number of fused-ring (bicyclic) bond motifs is 1. The van der Waals surface area contributed by atoms with Gasteiger partial charge in [0, 0.05) is 29.6 Å². The maximum absolute atomic E-state index is 12.0. The normalized spacial score (nSPS) is 10.7. The van der Waals surface area contributed by atoms with Crippen LogP contribution in [0.5, 0.6) is 0 Å². The third-order valence-electron chi connectivity index (χ3n) is 3.38. The molecule has 0 saturated heterocycles. The molecule has 0 bridgehead atoms. The van der Waals surface area contributed by atoms with E-state index in [4.69, 9.17) is 11.6 Å². The summed E-state index contributed by atoms with van der Waals surface area (Å²) in [5, 5.41) is 3.28. The average molecular weight is 328 g/mol. The van der Waals surface area contributed by atoms with E-state index in [-0.39, 0.29) is 24.5 Å². The Hall–Kier alpha value is -2.66. The van der Waals surface area contributed by atoms with Crippen molar-refractivity contribution in [3.8, 4) is 0 Å². The van der Waals surface area contributed by atoms with Gasteiger partial charge in [-0.1, -0.05) is 17.7 Å². The molecule has 1 N–H and O–H groups in total. The Labute approximate surface area is 137 Å². The Morgan fingerprint density at radius 2 is 1.87 bits per heavy atom. The van der Waals surface area contributed by atoms with Crippen molar-refractivity contribution in [1.29, 1.82) is 0 Å². The highest BCUT2D eigenvalue weighted by Gasteiger charge is 2.11. The zero-order valence-electron chi connectivity index (χ0n) is 12.2. The molecule has 2 heterocycles. The number of pyridine rings is 1. The first-order valence-electron chi connectivity index (χ1n) is 7.14. The number of amides is 1. The van der Waals surface area contributed by atoms with Crippen LogP contribution in [0.1, 0.15) is 23.2 Å². The highest BCUT2D eigenvalue weighted by molar-refractivity contribution is 6.30. The second kappa shape index (κ2) is 6.62. The molecule has 0 saturated carbocycles. The maximum atomic E-state index is 12.0. The third kappa shape index (κ3) is 3.76. The van der Waals surface area contributed by atoms with Gasteiger partial charge in [0.1, 0.15) is 5.65 Å². The molecule has 3 aromatic rings. The van der Waals surface area contributed by atoms with Crippen molar-refractivity contribution in [2.45, 2.75) is 12.8 Å². The van der Waals surface area contributed by atoms with Crippen LogP contribution in [0, 0.1) is 0 Å². The summed E-state index contributed by atoms with van der Waals surface area (Å²) in [6.45, 7) is 0. The van der Waals surface area contributed by atoms with Crippen LogP contribution in [-0.2, 0) is 4.79 Å². The van der Waals surface area contributed by atoms with Gasteiger partial charge in [-0.15, -0.1) is 0 Å². The first-order chi connectivity index (χ1) is 11.1. The molecule has 23 heavy (non-hydrogen) atoms. The van der Waals surface area contributed by atoms with E-state index >= 15 is 0 Å². The standard InChI is InChI=1S/C17H14ClN3O2/c18-13-6-4-12(5-7-13)14(22)8-9-17(23)20-15-11-21-10-2-1-3-16(21)19-15/h1-7,10-11H,8-9H2,(H,20,23). The highest BCUT2D eigenvalue weighted by Crippen LogP contribution is 2.13. The van der Waals surface area contributed by atoms with Crippen molar-refractivity contribution in [1.82, 2.24) is 9.38 Å². The molecule has 1 amide bonds. The summed E-state index contributed by atoms with van der Waals surface area (Å²) < 4.78 is 1.81. The molecule has 6 heteroatoms. The number of aromatic nitrogens is 2. The Bertz CT molecular complexity index is 823. The van der Waals surface area contributed by atoms with E-state index in [1.165, 1.54) is 0 Å². The van der Waals surface area contributed by atoms with Gasteiger partial charge in [-0.25, -0.2) is 4.98 Å². The maximum Gasteiger partial charge on any atom is 0.226 e. The van der Waals surface area contributed by atoms with Gasteiger partial charge in [0.15, 0.2) is 11.6 Å². The van der Waals surface area contributed by atoms with Crippen LogP contribution in [-0.4, -0.2) is 21.1 Å². The van der Waals surface area contributed by atoms with E-state index in [9.17, 15) is 9.59 Å². The van der Waals surface area contributed by atoms with Crippen LogP contribution in [0.3, 0.4) is 0 Å². The van der Waals surface area contributed by atoms with Gasteiger partial charge < -0.3 is 9.72 Å². The van der Waals surface area contributed by atoms with Crippen LogP contribution in [0.15, 0.2) is 54.9 Å². The second-order valence-corrected chi connectivity index (χ2v) is 5.51. The molecule has 0 atom stereocenters. The van der Waals surface area contributed by atoms with Crippen LogP contribution < -0.4 is 5.32 Å². The van der Waals surface area contributed by atoms with E-state index in [0.29, 0.717) is 16.4 Å². The summed E-state index contributed by atoms with van der Waals surface area (Å²) in [4.78, 5) is 28.2. The number of ketones is 1. The van der Waals surface area contributed by atoms with Crippen LogP contribution in [0.4, 0.5) is 5.82 Å². The van der Waals surface area contributed by atoms with E-state index in [0.717, 1.165) is 5.65 Å². The predicted octanol–water partition coefficient (Wildman–Crippen LogP) is 3.59. The number of Topliss-reactive ketones (excluding diaryl/α,β-unsaturated/α-hetero) is 1. The minimum Gasteiger partial charge on any atom is -0.309 e. The lowest BCUT2D eigenvalue weighted by Gasteiger charge is -2.02. The van der Waals surface area contributed by atoms with Gasteiger partial charge in [0.05, 0.1) is 6.20 Å². The predicted molar refractivity (Wildman–Crippen MR) is 88.8 cm³/mol. The number of halogens is 1. The molecule has 0 spiro atoms. The van der Waals surface area contributed by atoms with Gasteiger partial charge in [0.25, 0.3) is 0 Å². The number of imidazole rings is 1. The molecule has 0 unspecified atom stereocenters. The summed E-state index contributed by atoms with van der Waals surface area (Å²) in [5.74, 6) is 0.141. The van der Waals surface area contributed by atoms with E-state index in [1.807, 2.05) is 28.8 Å². The quantitative estimate of drug-likeness (QED) is 0.728. The molecule has 3 rings (SSSR count). The van der Waals surface area contributed by atoms with Gasteiger partial charge in [0.2, 0.25) is 5.91 Å². The first kappa shape index (κ1) is 15.2. The summed E-state index contributed by atoms with van der Waals surface area (Å²) in [6, 6.07) is 12.2. The average Bonchev–Trinajstić information content (AvgIpc) is 2.95. The smallest absolute Gasteiger partial charge is 0.226 e. The van der Waals surface area contributed by atoms with Gasteiger partial charge in [-0.3, -0.25) is 9.59 Å². The second-order valence-electron chi connectivity index (χ2n) is 5.07. The molecular weight excluding hydrogens is 314 g/mol. The van der Waals surface area contributed by atoms with E-state index < -0.39 is 0 Å². The van der Waals surface area contributed by atoms with Gasteiger partial charge in [-0.2, -0.15) is 0 Å². The fraction of sp³-hybridized carbons (Fsp3) is 0.118. The molecule has 5 nitrogen and oxygen atoms in total. The Kier molecular flexibility index (Phi) is 4.39. The van der Waals surface area contributed by atoms with Crippen LogP contribution >= 0.6 is 11.6 Å². The van der Waals surface area contributed by atoms with Gasteiger partial charge in [-0.05, 0) is 36.4 Å². The van der Waals surface area contributed by atoms with E-state index in [2.05, 4.69) is 10.3 Å². The van der Waals surface area contributed by atoms with Crippen molar-refractivity contribution in [3.05, 3.63) is 65.4 Å². The van der Waals surface area contributed by atoms with Crippen molar-refractivity contribution >= 4 is 34.8 Å². The topological polar surface area (TPSA) is 63.5 Å². The SMILES string of the molecule is O=C(CCC(=O)c1ccc(Cl)cc1)Nc1cn2ccccc2n1. The number of anilines is 1. The fourth-order valence-corrected chi connectivity index (χ4v) is 2.33. The molecule has 0 radical (unpaired) electrons. The number of rotatable bonds is 5. The number of benzene rings is 1. The summed E-state index contributed by atoms with van der Waals surface area (Å²) in [7, 11) is 0. The van der Waals surface area contributed by atoms with Crippen LogP contribution in [0.25, 0.3) is 5.65 Å². The zero-order valence-corrected chi connectivity index (χ0v) is 13.0. The summed E-state index contributed by atoms with van der Waals surface area (Å²) in [6.07, 6.45) is 3.83. The Morgan fingerprint density at radius 3 is 2.61 bits per heavy atom. The van der Waals surface area contributed by atoms with Crippen molar-refractivity contribution in [2.24, 2.45) is 0 Å². The molecule has 0 aliphatic heterocycles. The number of carbonyl (C=O) groups is 2. The zero-order chi connectivity index (χ0) is 16.2. The lowest BCUT2D eigenvalue weighted by molar-refractivity contribution is -0.116. The summed E-state index contributed by atoms with van der Waals surface area (Å²) in [5.41, 5.74) is 1.30. The Balaban J connectivity index is 1.56. The monoisotopic (exact) mass is 327 g/mol. The van der Waals surface area contributed by atoms with E-state index in [1.54, 1.807) is 30.5 Å². The minimum absolute atomic E-state index is 0.0909. The highest BCUT2D eigenvalue weighted by atomic mass is 35.5. The minimum atomic E-state index is -0.240. The van der Waals surface area contributed by atoms with Crippen molar-refractivity contribution in [3.63, 3.8) is 0 Å². The van der Waals surface area contributed by atoms with Gasteiger partial charge >= 0.3 is 0 Å². The van der Waals surface area contributed by atoms with Crippen LogP contribution in [0.2, 0.25) is 5.02 Å².